The first-order valence-electron chi connectivity index (χ1n) is 5.26. The molecule has 0 saturated carbocycles. The van der Waals surface area contributed by atoms with Gasteiger partial charge in [0.2, 0.25) is 0 Å². The SMILES string of the molecule is CC1(C)CN2C=Nc3ccc(I)cc3C2=N1. The lowest BCUT2D eigenvalue weighted by molar-refractivity contribution is 0.478. The molecule has 0 aromatic heterocycles. The Morgan fingerprint density at radius 1 is 1.38 bits per heavy atom. The second-order valence-corrected chi connectivity index (χ2v) is 6.03. The fourth-order valence-corrected chi connectivity index (χ4v) is 2.61. The maximum Gasteiger partial charge on any atom is 0.139 e. The van der Waals surface area contributed by atoms with Crippen LogP contribution in [0.1, 0.15) is 19.4 Å². The molecule has 2 aliphatic rings. The van der Waals surface area contributed by atoms with Gasteiger partial charge in [0.15, 0.2) is 0 Å². The molecule has 2 aliphatic heterocycles. The lowest BCUT2D eigenvalue weighted by Gasteiger charge is -2.21. The smallest absolute Gasteiger partial charge is 0.139 e. The fourth-order valence-electron chi connectivity index (χ4n) is 2.12. The van der Waals surface area contributed by atoms with Gasteiger partial charge in [-0.05, 0) is 54.6 Å². The van der Waals surface area contributed by atoms with E-state index in [2.05, 4.69) is 64.5 Å². The second-order valence-electron chi connectivity index (χ2n) is 4.78. The lowest BCUT2D eigenvalue weighted by atomic mass is 10.1. The van der Waals surface area contributed by atoms with Crippen molar-refractivity contribution in [2.24, 2.45) is 9.98 Å². The molecule has 3 nitrogen and oxygen atoms in total. The maximum atomic E-state index is 4.77. The van der Waals surface area contributed by atoms with Gasteiger partial charge >= 0.3 is 0 Å². The number of nitrogens with zero attached hydrogens (tertiary/aromatic N) is 3. The minimum atomic E-state index is -0.00968. The van der Waals surface area contributed by atoms with Gasteiger partial charge in [-0.1, -0.05) is 0 Å². The van der Waals surface area contributed by atoms with E-state index in [1.165, 1.54) is 3.57 Å². The normalized spacial score (nSPS) is 20.4. The average molecular weight is 325 g/mol. The van der Waals surface area contributed by atoms with Gasteiger partial charge in [-0.3, -0.25) is 4.99 Å². The molecule has 0 aliphatic carbocycles. The van der Waals surface area contributed by atoms with Crippen molar-refractivity contribution < 1.29 is 0 Å². The molecule has 4 heteroatoms. The van der Waals surface area contributed by atoms with E-state index in [0.29, 0.717) is 0 Å². The van der Waals surface area contributed by atoms with Crippen LogP contribution in [-0.2, 0) is 0 Å². The molecular weight excluding hydrogens is 313 g/mol. The van der Waals surface area contributed by atoms with Crippen molar-refractivity contribution >= 4 is 40.5 Å². The molecule has 0 radical (unpaired) electrons. The van der Waals surface area contributed by atoms with Crippen molar-refractivity contribution in [3.05, 3.63) is 27.3 Å². The van der Waals surface area contributed by atoms with Gasteiger partial charge in [0, 0.05) is 9.13 Å². The first kappa shape index (κ1) is 10.3. The monoisotopic (exact) mass is 325 g/mol. The van der Waals surface area contributed by atoms with Crippen LogP contribution in [0, 0.1) is 3.57 Å². The summed E-state index contributed by atoms with van der Waals surface area (Å²) in [5.74, 6) is 1.06. The third-order valence-electron chi connectivity index (χ3n) is 2.77. The minimum absolute atomic E-state index is 0.00968. The summed E-state index contributed by atoms with van der Waals surface area (Å²) in [6.45, 7) is 5.22. The molecule has 0 fully saturated rings. The number of hydrogen-bond donors (Lipinski definition) is 0. The van der Waals surface area contributed by atoms with E-state index < -0.39 is 0 Å². The number of hydrogen-bond acceptors (Lipinski definition) is 3. The summed E-state index contributed by atoms with van der Waals surface area (Å²) in [4.78, 5) is 11.4. The topological polar surface area (TPSA) is 28.0 Å². The molecule has 82 valence electrons. The number of benzene rings is 1. The largest absolute Gasteiger partial charge is 0.314 e. The first-order valence-corrected chi connectivity index (χ1v) is 6.34. The van der Waals surface area contributed by atoms with Crippen molar-refractivity contribution in [3.8, 4) is 0 Å². The Morgan fingerprint density at radius 3 is 3.00 bits per heavy atom. The van der Waals surface area contributed by atoms with Gasteiger partial charge in [-0.25, -0.2) is 4.99 Å². The Hall–Kier alpha value is -0.910. The van der Waals surface area contributed by atoms with Crippen LogP contribution in [0.25, 0.3) is 0 Å². The molecule has 0 bridgehead atoms. The predicted molar refractivity (Wildman–Crippen MR) is 74.6 cm³/mol. The molecule has 0 amide bonds. The highest BCUT2D eigenvalue weighted by Gasteiger charge is 2.33. The third kappa shape index (κ3) is 1.55. The van der Waals surface area contributed by atoms with Gasteiger partial charge in [-0.15, -0.1) is 0 Å². The van der Waals surface area contributed by atoms with E-state index in [4.69, 9.17) is 4.99 Å². The van der Waals surface area contributed by atoms with Crippen LogP contribution in [0.3, 0.4) is 0 Å². The zero-order valence-electron chi connectivity index (χ0n) is 9.24. The van der Waals surface area contributed by atoms with Crippen molar-refractivity contribution in [2.45, 2.75) is 19.4 Å². The summed E-state index contributed by atoms with van der Waals surface area (Å²) in [7, 11) is 0. The molecule has 1 aromatic carbocycles. The molecule has 0 saturated heterocycles. The average Bonchev–Trinajstić information content (AvgIpc) is 2.52. The number of amidine groups is 1. The van der Waals surface area contributed by atoms with E-state index in [9.17, 15) is 0 Å². The first-order chi connectivity index (χ1) is 7.55. The fraction of sp³-hybridized carbons (Fsp3) is 0.333. The number of aliphatic imine (C=N–C) groups is 2. The lowest BCUT2D eigenvalue weighted by Crippen LogP contribution is -2.33. The molecule has 1 aromatic rings. The highest BCUT2D eigenvalue weighted by molar-refractivity contribution is 14.1. The summed E-state index contributed by atoms with van der Waals surface area (Å²) >= 11 is 2.32. The zero-order valence-corrected chi connectivity index (χ0v) is 11.4. The molecule has 3 rings (SSSR count). The molecule has 0 unspecified atom stereocenters. The highest BCUT2D eigenvalue weighted by atomic mass is 127. The van der Waals surface area contributed by atoms with Crippen molar-refractivity contribution in [1.82, 2.24) is 4.90 Å². The third-order valence-corrected chi connectivity index (χ3v) is 3.44. The predicted octanol–water partition coefficient (Wildman–Crippen LogP) is 2.81. The van der Waals surface area contributed by atoms with Crippen molar-refractivity contribution in [2.75, 3.05) is 6.54 Å². The zero-order chi connectivity index (χ0) is 11.3. The second kappa shape index (κ2) is 3.29. The van der Waals surface area contributed by atoms with Gasteiger partial charge in [0.05, 0.1) is 24.1 Å². The molecular formula is C12H12IN3. The van der Waals surface area contributed by atoms with Crippen molar-refractivity contribution in [3.63, 3.8) is 0 Å². The summed E-state index contributed by atoms with van der Waals surface area (Å²) in [6.07, 6.45) is 1.89. The van der Waals surface area contributed by atoms with Gasteiger partial charge in [0.25, 0.3) is 0 Å². The van der Waals surface area contributed by atoms with Gasteiger partial charge in [0.1, 0.15) is 5.84 Å². The van der Waals surface area contributed by atoms with Crippen LogP contribution < -0.4 is 0 Å². The Bertz CT molecular complexity index is 517. The quantitative estimate of drug-likeness (QED) is 0.674. The summed E-state index contributed by atoms with van der Waals surface area (Å²) in [6, 6.07) is 6.28. The van der Waals surface area contributed by atoms with Crippen molar-refractivity contribution in [1.29, 1.82) is 0 Å². The summed E-state index contributed by atoms with van der Waals surface area (Å²) in [5.41, 5.74) is 2.16. The van der Waals surface area contributed by atoms with E-state index in [0.717, 1.165) is 23.6 Å². The van der Waals surface area contributed by atoms with Crippen LogP contribution in [0.4, 0.5) is 5.69 Å². The van der Waals surface area contributed by atoms with Crippen LogP contribution >= 0.6 is 22.6 Å². The molecule has 0 atom stereocenters. The Balaban J connectivity index is 2.19. The Kier molecular flexibility index (Phi) is 2.11. The molecule has 0 N–H and O–H groups in total. The Morgan fingerprint density at radius 2 is 2.19 bits per heavy atom. The number of rotatable bonds is 0. The van der Waals surface area contributed by atoms with E-state index >= 15 is 0 Å². The standard InChI is InChI=1S/C12H12IN3/c1-12(2)6-16-7-14-10-4-3-8(13)5-9(10)11(16)15-12/h3-5,7H,6H2,1-2H3. The van der Waals surface area contributed by atoms with Gasteiger partial charge in [-0.2, -0.15) is 0 Å². The Labute approximate surface area is 108 Å². The van der Waals surface area contributed by atoms with E-state index in [1.807, 2.05) is 6.34 Å². The van der Waals surface area contributed by atoms with Gasteiger partial charge < -0.3 is 4.90 Å². The van der Waals surface area contributed by atoms with Crippen LogP contribution in [0.2, 0.25) is 0 Å². The highest BCUT2D eigenvalue weighted by Crippen LogP contribution is 2.31. The molecule has 0 spiro atoms. The van der Waals surface area contributed by atoms with Crippen LogP contribution in [-0.4, -0.2) is 29.2 Å². The van der Waals surface area contributed by atoms with Crippen LogP contribution in [0.15, 0.2) is 28.2 Å². The molecule has 16 heavy (non-hydrogen) atoms. The molecule has 2 heterocycles. The number of fused-ring (bicyclic) bond motifs is 3. The van der Waals surface area contributed by atoms with E-state index in [1.54, 1.807) is 0 Å². The van der Waals surface area contributed by atoms with Crippen LogP contribution in [0.5, 0.6) is 0 Å². The minimum Gasteiger partial charge on any atom is -0.314 e. The maximum absolute atomic E-state index is 4.77. The van der Waals surface area contributed by atoms with E-state index in [-0.39, 0.29) is 5.54 Å². The summed E-state index contributed by atoms with van der Waals surface area (Å²) in [5, 5.41) is 0. The summed E-state index contributed by atoms with van der Waals surface area (Å²) < 4.78 is 1.22. The number of halogens is 1.